The summed E-state index contributed by atoms with van der Waals surface area (Å²) in [5.41, 5.74) is 4.26. The van der Waals surface area contributed by atoms with E-state index in [2.05, 4.69) is 52.1 Å². The van der Waals surface area contributed by atoms with Gasteiger partial charge in [0.05, 0.1) is 0 Å². The van der Waals surface area contributed by atoms with Crippen LogP contribution in [0.2, 0.25) is 0 Å². The number of aromatic nitrogens is 1. The molecule has 2 amide bonds. The molecule has 2 heterocycles. The van der Waals surface area contributed by atoms with E-state index in [1.165, 1.54) is 5.57 Å². The van der Waals surface area contributed by atoms with E-state index < -0.39 is 0 Å². The van der Waals surface area contributed by atoms with Gasteiger partial charge < -0.3 is 14.8 Å². The first-order chi connectivity index (χ1) is 15.4. The second-order valence-corrected chi connectivity index (χ2v) is 9.57. The fraction of sp³-hybridized carbons (Fsp3) is 0.385. The Morgan fingerprint density at radius 1 is 1.28 bits per heavy atom. The molecule has 2 aliphatic rings. The molecular weight excluding hydrogens is 466 g/mol. The van der Waals surface area contributed by atoms with Crippen LogP contribution in [0.4, 0.5) is 0 Å². The molecule has 6 heteroatoms. The fourth-order valence-corrected chi connectivity index (χ4v) is 4.98. The van der Waals surface area contributed by atoms with Gasteiger partial charge in [0, 0.05) is 40.2 Å². The van der Waals surface area contributed by atoms with Crippen molar-refractivity contribution in [2.45, 2.75) is 51.6 Å². The Hall–Kier alpha value is -2.60. The van der Waals surface area contributed by atoms with E-state index in [0.29, 0.717) is 13.1 Å². The number of fused-ring (bicyclic) bond motifs is 1. The van der Waals surface area contributed by atoms with Crippen molar-refractivity contribution in [1.29, 1.82) is 0 Å². The standard InChI is InChI=1S/C26H30BrN3O2/c1-18(2)22-16-29(23-11-10-20(27)15-21(22)23)17-25(31)30-14-6-9-24(30)26(32)28-13-12-19-7-4-3-5-8-19/h4,7-8,10-11,15-16,24H,1,3,5-6,9,12-14,17H2,2H3,(H,28,32)/t24-/m0/s1. The maximum atomic E-state index is 13.2. The van der Waals surface area contributed by atoms with Crippen LogP contribution < -0.4 is 5.32 Å². The lowest BCUT2D eigenvalue weighted by molar-refractivity contribution is -0.138. The van der Waals surface area contributed by atoms with Crippen LogP contribution in [0.1, 0.15) is 44.6 Å². The van der Waals surface area contributed by atoms with E-state index in [-0.39, 0.29) is 24.4 Å². The van der Waals surface area contributed by atoms with Gasteiger partial charge in [0.25, 0.3) is 0 Å². The Labute approximate surface area is 198 Å². The monoisotopic (exact) mass is 495 g/mol. The van der Waals surface area contributed by atoms with Gasteiger partial charge >= 0.3 is 0 Å². The average Bonchev–Trinajstić information content (AvgIpc) is 3.40. The molecule has 0 spiro atoms. The largest absolute Gasteiger partial charge is 0.354 e. The number of rotatable bonds is 7. The zero-order valence-electron chi connectivity index (χ0n) is 18.6. The number of hydrogen-bond acceptors (Lipinski definition) is 2. The molecule has 2 aromatic rings. The molecule has 1 N–H and O–H groups in total. The summed E-state index contributed by atoms with van der Waals surface area (Å²) in [6.07, 6.45) is 13.1. The van der Waals surface area contributed by atoms with Gasteiger partial charge in [0.2, 0.25) is 11.8 Å². The SMILES string of the molecule is C=C(C)c1cn(CC(=O)N2CCC[C@H]2C(=O)NCCC2=CCCC=C2)c2ccc(Br)cc12. The van der Waals surface area contributed by atoms with Crippen molar-refractivity contribution in [3.63, 3.8) is 0 Å². The van der Waals surface area contributed by atoms with Crippen molar-refractivity contribution in [2.75, 3.05) is 13.1 Å². The molecule has 0 unspecified atom stereocenters. The molecule has 1 aromatic heterocycles. The Morgan fingerprint density at radius 2 is 2.12 bits per heavy atom. The number of benzene rings is 1. The van der Waals surface area contributed by atoms with Gasteiger partial charge in [-0.15, -0.1) is 0 Å². The minimum Gasteiger partial charge on any atom is -0.354 e. The number of carbonyl (C=O) groups is 2. The summed E-state index contributed by atoms with van der Waals surface area (Å²) in [5.74, 6) is -0.0613. The molecule has 5 nitrogen and oxygen atoms in total. The summed E-state index contributed by atoms with van der Waals surface area (Å²) < 4.78 is 2.97. The Kier molecular flexibility index (Phi) is 6.99. The van der Waals surface area contributed by atoms with Crippen molar-refractivity contribution in [3.8, 4) is 0 Å². The zero-order valence-corrected chi connectivity index (χ0v) is 20.2. The number of halogens is 1. The van der Waals surface area contributed by atoms with Crippen molar-refractivity contribution in [3.05, 3.63) is 64.8 Å². The van der Waals surface area contributed by atoms with Gasteiger partial charge in [-0.05, 0) is 62.8 Å². The lowest BCUT2D eigenvalue weighted by atomic mass is 10.0. The number of carbonyl (C=O) groups excluding carboxylic acids is 2. The van der Waals surface area contributed by atoms with E-state index >= 15 is 0 Å². The van der Waals surface area contributed by atoms with E-state index in [1.54, 1.807) is 4.90 Å². The molecule has 4 rings (SSSR count). The summed E-state index contributed by atoms with van der Waals surface area (Å²) in [5, 5.41) is 4.12. The number of hydrogen-bond donors (Lipinski definition) is 1. The van der Waals surface area contributed by atoms with Gasteiger partial charge in [-0.1, -0.05) is 46.3 Å². The van der Waals surface area contributed by atoms with Crippen LogP contribution >= 0.6 is 15.9 Å². The van der Waals surface area contributed by atoms with E-state index in [0.717, 1.165) is 58.6 Å². The fourth-order valence-electron chi connectivity index (χ4n) is 4.62. The highest BCUT2D eigenvalue weighted by Gasteiger charge is 2.34. The third-order valence-corrected chi connectivity index (χ3v) is 6.76. The summed E-state index contributed by atoms with van der Waals surface area (Å²) in [6.45, 7) is 7.51. The second kappa shape index (κ2) is 9.90. The molecule has 1 fully saturated rings. The predicted octanol–water partition coefficient (Wildman–Crippen LogP) is 5.21. The van der Waals surface area contributed by atoms with E-state index in [4.69, 9.17) is 0 Å². The molecule has 32 heavy (non-hydrogen) atoms. The number of nitrogens with one attached hydrogen (secondary N) is 1. The van der Waals surface area contributed by atoms with Crippen LogP contribution in [0.25, 0.3) is 16.5 Å². The highest BCUT2D eigenvalue weighted by Crippen LogP contribution is 2.29. The third kappa shape index (κ3) is 4.90. The minimum absolute atomic E-state index is 0.0198. The first-order valence-electron chi connectivity index (χ1n) is 11.3. The molecule has 0 radical (unpaired) electrons. The Bertz CT molecular complexity index is 1110. The smallest absolute Gasteiger partial charge is 0.243 e. The maximum Gasteiger partial charge on any atom is 0.243 e. The lowest BCUT2D eigenvalue weighted by Gasteiger charge is -2.24. The normalized spacial score (nSPS) is 18.1. The van der Waals surface area contributed by atoms with Crippen LogP contribution in [0.5, 0.6) is 0 Å². The van der Waals surface area contributed by atoms with E-state index in [9.17, 15) is 9.59 Å². The highest BCUT2D eigenvalue weighted by atomic mass is 79.9. The molecule has 1 saturated heterocycles. The van der Waals surface area contributed by atoms with E-state index in [1.807, 2.05) is 29.8 Å². The average molecular weight is 496 g/mol. The Morgan fingerprint density at radius 3 is 2.88 bits per heavy atom. The summed E-state index contributed by atoms with van der Waals surface area (Å²) >= 11 is 3.53. The van der Waals surface area contributed by atoms with Crippen LogP contribution in [-0.2, 0) is 16.1 Å². The molecular formula is C26H30BrN3O2. The minimum atomic E-state index is -0.380. The number of amides is 2. The molecule has 1 aliphatic carbocycles. The Balaban J connectivity index is 1.42. The van der Waals surface area contributed by atoms with Crippen LogP contribution in [-0.4, -0.2) is 40.4 Å². The van der Waals surface area contributed by atoms with Gasteiger partial charge in [-0.25, -0.2) is 0 Å². The third-order valence-electron chi connectivity index (χ3n) is 6.27. The summed E-state index contributed by atoms with van der Waals surface area (Å²) in [6, 6.07) is 5.68. The number of allylic oxidation sites excluding steroid dienone is 4. The molecule has 1 aliphatic heterocycles. The van der Waals surface area contributed by atoms with Crippen molar-refractivity contribution in [1.82, 2.24) is 14.8 Å². The highest BCUT2D eigenvalue weighted by molar-refractivity contribution is 9.10. The van der Waals surface area contributed by atoms with Crippen LogP contribution in [0, 0.1) is 0 Å². The van der Waals surface area contributed by atoms with Crippen LogP contribution in [0.15, 0.2) is 59.2 Å². The van der Waals surface area contributed by atoms with Gasteiger partial charge in [-0.2, -0.15) is 0 Å². The molecule has 168 valence electrons. The first-order valence-corrected chi connectivity index (χ1v) is 12.1. The number of nitrogens with zero attached hydrogens (tertiary/aromatic N) is 2. The second-order valence-electron chi connectivity index (χ2n) is 8.66. The summed E-state index contributed by atoms with van der Waals surface area (Å²) in [4.78, 5) is 27.8. The molecule has 1 atom stereocenters. The van der Waals surface area contributed by atoms with Crippen molar-refractivity contribution >= 4 is 44.2 Å². The summed E-state index contributed by atoms with van der Waals surface area (Å²) in [7, 11) is 0. The lowest BCUT2D eigenvalue weighted by Crippen LogP contribution is -2.47. The predicted molar refractivity (Wildman–Crippen MR) is 133 cm³/mol. The topological polar surface area (TPSA) is 54.3 Å². The molecule has 1 aromatic carbocycles. The van der Waals surface area contributed by atoms with Gasteiger partial charge in [0.15, 0.2) is 0 Å². The maximum absolute atomic E-state index is 13.2. The number of likely N-dealkylation sites (tertiary alicyclic amines) is 1. The zero-order chi connectivity index (χ0) is 22.7. The molecule has 0 saturated carbocycles. The van der Waals surface area contributed by atoms with Gasteiger partial charge in [-0.3, -0.25) is 9.59 Å². The van der Waals surface area contributed by atoms with Crippen molar-refractivity contribution < 1.29 is 9.59 Å². The van der Waals surface area contributed by atoms with Gasteiger partial charge in [0.1, 0.15) is 12.6 Å². The van der Waals surface area contributed by atoms with Crippen molar-refractivity contribution in [2.24, 2.45) is 0 Å². The quantitative estimate of drug-likeness (QED) is 0.572. The first kappa shape index (κ1) is 22.6. The molecule has 0 bridgehead atoms. The van der Waals surface area contributed by atoms with Crippen LogP contribution in [0.3, 0.4) is 0 Å².